The molecule has 2 aromatic carbocycles. The van der Waals surface area contributed by atoms with Crippen LogP contribution in [0.1, 0.15) is 23.7 Å². The number of phenolic OH excluding ortho intramolecular Hbond substituents is 2. The van der Waals surface area contributed by atoms with Gasteiger partial charge in [0.15, 0.2) is 35.4 Å². The number of methoxy groups -OCH3 is 1. The molecule has 12 heteroatoms. The van der Waals surface area contributed by atoms with Crippen LogP contribution in [-0.2, 0) is 15.9 Å². The van der Waals surface area contributed by atoms with Crippen LogP contribution in [0, 0.1) is 0 Å². The topological polar surface area (TPSA) is 199 Å². The van der Waals surface area contributed by atoms with Crippen LogP contribution in [0.5, 0.6) is 23.0 Å². The molecule has 2 aromatic rings. The number of aryl methyl sites for hydroxylation is 1. The molecular formula is C25H34O12. The first kappa shape index (κ1) is 28.9. The van der Waals surface area contributed by atoms with Gasteiger partial charge < -0.3 is 59.8 Å². The minimum atomic E-state index is -1.72. The molecule has 2 unspecified atom stereocenters. The molecule has 0 amide bonds. The fourth-order valence-corrected chi connectivity index (χ4v) is 4.04. The van der Waals surface area contributed by atoms with Crippen LogP contribution in [0.2, 0.25) is 0 Å². The van der Waals surface area contributed by atoms with Crippen LogP contribution in [0.3, 0.4) is 0 Å². The zero-order valence-corrected chi connectivity index (χ0v) is 20.3. The normalized spacial score (nSPS) is 25.4. The Labute approximate surface area is 213 Å². The molecule has 0 bridgehead atoms. The number of ether oxygens (including phenoxy) is 4. The summed E-state index contributed by atoms with van der Waals surface area (Å²) in [5.74, 6) is -0.299. The van der Waals surface area contributed by atoms with Crippen molar-refractivity contribution in [1.29, 1.82) is 0 Å². The lowest BCUT2D eigenvalue weighted by atomic mass is 9.98. The Morgan fingerprint density at radius 3 is 2.27 bits per heavy atom. The lowest BCUT2D eigenvalue weighted by molar-refractivity contribution is -0.318. The van der Waals surface area contributed by atoms with E-state index in [1.54, 1.807) is 6.07 Å². The molecule has 1 heterocycles. The summed E-state index contributed by atoms with van der Waals surface area (Å²) in [7, 11) is 1.34. The van der Waals surface area contributed by atoms with Crippen LogP contribution in [0.15, 0.2) is 36.4 Å². The van der Waals surface area contributed by atoms with Crippen molar-refractivity contribution >= 4 is 0 Å². The number of aromatic hydroxyl groups is 2. The summed E-state index contributed by atoms with van der Waals surface area (Å²) in [5.41, 5.74) is 1.07. The molecule has 0 radical (unpaired) electrons. The second kappa shape index (κ2) is 13.2. The zero-order chi connectivity index (χ0) is 27.1. The van der Waals surface area contributed by atoms with Crippen molar-refractivity contribution < 1.29 is 59.8 Å². The van der Waals surface area contributed by atoms with E-state index in [0.717, 1.165) is 5.56 Å². The first-order chi connectivity index (χ1) is 17.7. The maximum absolute atomic E-state index is 10.5. The summed E-state index contributed by atoms with van der Waals surface area (Å²) in [5, 5.41) is 80.0. The number of phenols is 2. The Morgan fingerprint density at radius 1 is 0.892 bits per heavy atom. The number of hydrogen-bond donors (Lipinski definition) is 8. The van der Waals surface area contributed by atoms with Crippen molar-refractivity contribution in [3.05, 3.63) is 47.5 Å². The summed E-state index contributed by atoms with van der Waals surface area (Å²) in [4.78, 5) is 0. The van der Waals surface area contributed by atoms with Crippen LogP contribution < -0.4 is 9.47 Å². The second-order valence-electron chi connectivity index (χ2n) is 8.65. The monoisotopic (exact) mass is 526 g/mol. The third-order valence-electron chi connectivity index (χ3n) is 6.10. The number of benzene rings is 2. The highest BCUT2D eigenvalue weighted by molar-refractivity contribution is 5.44. The number of hydrogen-bond acceptors (Lipinski definition) is 12. The van der Waals surface area contributed by atoms with Gasteiger partial charge in [-0.05, 0) is 48.2 Å². The summed E-state index contributed by atoms with van der Waals surface area (Å²) >= 11 is 0. The smallest absolute Gasteiger partial charge is 0.187 e. The molecule has 1 aliphatic rings. The molecule has 8 N–H and O–H groups in total. The maximum Gasteiger partial charge on any atom is 0.187 e. The van der Waals surface area contributed by atoms with Gasteiger partial charge in [-0.25, -0.2) is 0 Å². The van der Waals surface area contributed by atoms with Crippen LogP contribution >= 0.6 is 0 Å². The molecule has 7 atom stereocenters. The number of rotatable bonds is 12. The van der Waals surface area contributed by atoms with E-state index in [1.165, 1.54) is 37.4 Å². The first-order valence-corrected chi connectivity index (χ1v) is 11.8. The summed E-state index contributed by atoms with van der Waals surface area (Å²) in [6.07, 6.45) is -9.22. The molecule has 1 fully saturated rings. The van der Waals surface area contributed by atoms with Crippen molar-refractivity contribution in [2.75, 3.05) is 26.9 Å². The van der Waals surface area contributed by atoms with Crippen molar-refractivity contribution in [2.24, 2.45) is 0 Å². The van der Waals surface area contributed by atoms with Crippen LogP contribution in [-0.4, -0.2) is 105 Å². The van der Waals surface area contributed by atoms with Crippen LogP contribution in [0.25, 0.3) is 0 Å². The van der Waals surface area contributed by atoms with Gasteiger partial charge in [0, 0.05) is 6.61 Å². The standard InChI is InChI=1S/C25H34O12/c1-34-18-10-14(5-6-15(18)29)24(37-25-23(33)22(32)21(31)19(11-27)36-25)20(12-28)35-17-7-4-13(3-2-8-26)9-16(17)30/h4-7,9-10,19-33H,2-3,8,11-12H2,1H3/t19-,20?,21-,22+,23-,24?,25+/m1/s1. The molecule has 0 saturated carbocycles. The minimum absolute atomic E-state index is 0.00133. The Balaban J connectivity index is 1.94. The van der Waals surface area contributed by atoms with E-state index >= 15 is 0 Å². The van der Waals surface area contributed by atoms with E-state index in [-0.39, 0.29) is 29.6 Å². The average molecular weight is 527 g/mol. The third kappa shape index (κ3) is 6.80. The minimum Gasteiger partial charge on any atom is -0.504 e. The van der Waals surface area contributed by atoms with Gasteiger partial charge in [0.2, 0.25) is 0 Å². The molecule has 1 saturated heterocycles. The molecular weight excluding hydrogens is 492 g/mol. The lowest BCUT2D eigenvalue weighted by Crippen LogP contribution is -2.59. The Bertz CT molecular complexity index is 1000. The quantitative estimate of drug-likeness (QED) is 0.174. The average Bonchev–Trinajstić information content (AvgIpc) is 2.90. The SMILES string of the molecule is COc1cc(C(O[C@@H]2O[C@H](CO)[C@@H](O)[C@H](O)[C@H]2O)C(CO)Oc2ccc(CCCO)cc2O)ccc1O. The maximum atomic E-state index is 10.5. The van der Waals surface area contributed by atoms with Gasteiger partial charge in [0.25, 0.3) is 0 Å². The highest BCUT2D eigenvalue weighted by Gasteiger charge is 2.46. The van der Waals surface area contributed by atoms with E-state index < -0.39 is 56.1 Å². The predicted octanol–water partition coefficient (Wildman–Crippen LogP) is -0.671. The lowest BCUT2D eigenvalue weighted by Gasteiger charge is -2.41. The van der Waals surface area contributed by atoms with E-state index in [4.69, 9.17) is 24.1 Å². The highest BCUT2D eigenvalue weighted by Crippen LogP contribution is 2.37. The molecule has 3 rings (SSSR count). The van der Waals surface area contributed by atoms with E-state index in [1.807, 2.05) is 0 Å². The van der Waals surface area contributed by atoms with Gasteiger partial charge in [-0.2, -0.15) is 0 Å². The molecule has 206 valence electrons. The van der Waals surface area contributed by atoms with Gasteiger partial charge in [0.05, 0.1) is 20.3 Å². The van der Waals surface area contributed by atoms with Crippen molar-refractivity contribution in [3.8, 4) is 23.0 Å². The fourth-order valence-electron chi connectivity index (χ4n) is 4.04. The number of aliphatic hydroxyl groups excluding tert-OH is 6. The zero-order valence-electron chi connectivity index (χ0n) is 20.3. The van der Waals surface area contributed by atoms with E-state index in [9.17, 15) is 35.7 Å². The summed E-state index contributed by atoms with van der Waals surface area (Å²) in [6.45, 7) is -1.31. The van der Waals surface area contributed by atoms with Crippen molar-refractivity contribution in [1.82, 2.24) is 0 Å². The van der Waals surface area contributed by atoms with Crippen molar-refractivity contribution in [2.45, 2.75) is 55.8 Å². The Kier molecular flexibility index (Phi) is 10.3. The molecule has 0 aromatic heterocycles. The highest BCUT2D eigenvalue weighted by atomic mass is 16.7. The molecule has 1 aliphatic heterocycles. The first-order valence-electron chi connectivity index (χ1n) is 11.8. The van der Waals surface area contributed by atoms with E-state index in [2.05, 4.69) is 0 Å². The molecule has 12 nitrogen and oxygen atoms in total. The number of aliphatic hydroxyl groups is 6. The summed E-state index contributed by atoms with van der Waals surface area (Å²) < 4.78 is 22.4. The van der Waals surface area contributed by atoms with Gasteiger partial charge >= 0.3 is 0 Å². The second-order valence-corrected chi connectivity index (χ2v) is 8.65. The predicted molar refractivity (Wildman–Crippen MR) is 127 cm³/mol. The van der Waals surface area contributed by atoms with Crippen LogP contribution in [0.4, 0.5) is 0 Å². The van der Waals surface area contributed by atoms with Gasteiger partial charge in [-0.3, -0.25) is 0 Å². The van der Waals surface area contributed by atoms with Gasteiger partial charge in [-0.1, -0.05) is 12.1 Å². The summed E-state index contributed by atoms with van der Waals surface area (Å²) in [6, 6.07) is 8.84. The van der Waals surface area contributed by atoms with E-state index in [0.29, 0.717) is 18.4 Å². The Morgan fingerprint density at radius 2 is 1.65 bits per heavy atom. The van der Waals surface area contributed by atoms with Gasteiger partial charge in [-0.15, -0.1) is 0 Å². The fraction of sp³-hybridized carbons (Fsp3) is 0.520. The largest absolute Gasteiger partial charge is 0.504 e. The molecule has 0 spiro atoms. The Hall–Kier alpha value is -2.68. The van der Waals surface area contributed by atoms with Crippen molar-refractivity contribution in [3.63, 3.8) is 0 Å². The van der Waals surface area contributed by atoms with Gasteiger partial charge in [0.1, 0.15) is 30.5 Å². The third-order valence-corrected chi connectivity index (χ3v) is 6.10. The molecule has 37 heavy (non-hydrogen) atoms. The molecule has 0 aliphatic carbocycles.